The molecule has 4 saturated carbocycles. The van der Waals surface area contributed by atoms with Crippen LogP contribution in [0, 0.1) is 46.3 Å². The molecule has 0 aromatic rings. The summed E-state index contributed by atoms with van der Waals surface area (Å²) in [4.78, 5) is 14.1. The topological polar surface area (TPSA) is 116 Å². The molecular formula is C27H46O7. The highest BCUT2D eigenvalue weighted by Crippen LogP contribution is 2.75. The van der Waals surface area contributed by atoms with Crippen LogP contribution in [0.5, 0.6) is 0 Å². The van der Waals surface area contributed by atoms with Crippen LogP contribution >= 0.6 is 0 Å². The average Bonchev–Trinajstić information content (AvgIpc) is 3.18. The molecule has 4 rings (SSSR count). The highest BCUT2D eigenvalue weighted by molar-refractivity contribution is 5.96. The maximum atomic E-state index is 14.1. The molecule has 0 saturated heterocycles. The van der Waals surface area contributed by atoms with Gasteiger partial charge >= 0.3 is 0 Å². The zero-order chi connectivity index (χ0) is 25.4. The van der Waals surface area contributed by atoms with Crippen LogP contribution in [0.15, 0.2) is 0 Å². The lowest BCUT2D eigenvalue weighted by molar-refractivity contribution is -0.230. The standard InChI is InChI=1S/C27H46O7/c1-8-9-33-20-15(4)11-27(32)19(20)22(34-12-14(2)3)26(13-28)17(29)10-16-18(24(16,5)6)21(26)25(7,31)23(27)30/h14-22,28-29,31-32H,8-13H2,1-7H3/t15-,16-,17+,18-,19+,20-,21-,22+,25-,26+,27+/m0/s1. The minimum absolute atomic E-state index is 0.0676. The van der Waals surface area contributed by atoms with Crippen molar-refractivity contribution in [2.75, 3.05) is 19.8 Å². The van der Waals surface area contributed by atoms with Crippen molar-refractivity contribution in [2.24, 2.45) is 46.3 Å². The van der Waals surface area contributed by atoms with Gasteiger partial charge in [-0.25, -0.2) is 0 Å². The number of Topliss-reactive ketones (excluding diaryl/α,β-unsaturated/α-hetero) is 1. The molecule has 0 aromatic carbocycles. The van der Waals surface area contributed by atoms with Crippen LogP contribution in [0.4, 0.5) is 0 Å². The second-order valence-corrected chi connectivity index (χ2v) is 13.0. The number of carbonyl (C=O) groups is 1. The molecule has 7 nitrogen and oxygen atoms in total. The summed E-state index contributed by atoms with van der Waals surface area (Å²) in [7, 11) is 0. The highest BCUT2D eigenvalue weighted by Gasteiger charge is 2.81. The maximum absolute atomic E-state index is 14.1. The van der Waals surface area contributed by atoms with Crippen molar-refractivity contribution < 1.29 is 34.7 Å². The van der Waals surface area contributed by atoms with Gasteiger partial charge in [0.25, 0.3) is 0 Å². The van der Waals surface area contributed by atoms with Gasteiger partial charge in [-0.2, -0.15) is 0 Å². The Balaban J connectivity index is 1.95. The van der Waals surface area contributed by atoms with E-state index in [-0.39, 0.29) is 35.5 Å². The Morgan fingerprint density at radius 1 is 1.12 bits per heavy atom. The Bertz CT molecular complexity index is 794. The number of aliphatic hydroxyl groups is 4. The Morgan fingerprint density at radius 2 is 1.76 bits per heavy atom. The number of rotatable bonds is 7. The molecule has 7 heteroatoms. The number of hydrogen-bond acceptors (Lipinski definition) is 7. The van der Waals surface area contributed by atoms with E-state index >= 15 is 0 Å². The number of aliphatic hydroxyl groups excluding tert-OH is 2. The minimum Gasteiger partial charge on any atom is -0.396 e. The van der Waals surface area contributed by atoms with Crippen molar-refractivity contribution in [1.29, 1.82) is 0 Å². The number of ether oxygens (including phenoxy) is 2. The summed E-state index contributed by atoms with van der Waals surface area (Å²) in [5, 5.41) is 46.9. The number of ketones is 1. The fraction of sp³-hybridized carbons (Fsp3) is 0.963. The van der Waals surface area contributed by atoms with E-state index in [1.54, 1.807) is 0 Å². The third-order valence-corrected chi connectivity index (χ3v) is 9.99. The number of carbonyl (C=O) groups excluding carboxylic acids is 1. The lowest BCUT2D eigenvalue weighted by Gasteiger charge is -2.54. The van der Waals surface area contributed by atoms with Crippen molar-refractivity contribution in [3.63, 3.8) is 0 Å². The van der Waals surface area contributed by atoms with Crippen LogP contribution in [0.2, 0.25) is 0 Å². The van der Waals surface area contributed by atoms with Gasteiger partial charge in [0.05, 0.1) is 30.3 Å². The first kappa shape index (κ1) is 26.5. The first-order valence-electron chi connectivity index (χ1n) is 13.2. The zero-order valence-electron chi connectivity index (χ0n) is 22.0. The Morgan fingerprint density at radius 3 is 2.32 bits per heavy atom. The monoisotopic (exact) mass is 482 g/mol. The second-order valence-electron chi connectivity index (χ2n) is 13.0. The van der Waals surface area contributed by atoms with Gasteiger partial charge in [0.15, 0.2) is 5.78 Å². The first-order valence-corrected chi connectivity index (χ1v) is 13.2. The molecule has 4 fully saturated rings. The third kappa shape index (κ3) is 3.41. The molecule has 0 unspecified atom stereocenters. The summed E-state index contributed by atoms with van der Waals surface area (Å²) in [5.41, 5.74) is -5.28. The molecule has 11 atom stereocenters. The fourth-order valence-corrected chi connectivity index (χ4v) is 8.46. The van der Waals surface area contributed by atoms with E-state index in [0.29, 0.717) is 19.6 Å². The SMILES string of the molecule is CCCO[C@@H]1[C@@H]2[C@@H](OCC(C)C)[C@]3(CO)[C@H](O)C[C@H]4[C@@H]([C@H]3[C@](C)(O)C(=O)[C@@]2(O)C[C@@H]1C)C4(C)C. The molecule has 0 heterocycles. The van der Waals surface area contributed by atoms with Gasteiger partial charge in [-0.1, -0.05) is 41.5 Å². The average molecular weight is 483 g/mol. The van der Waals surface area contributed by atoms with Crippen LogP contribution in [0.1, 0.15) is 67.7 Å². The summed E-state index contributed by atoms with van der Waals surface area (Å²) in [6.45, 7) is 14.1. The summed E-state index contributed by atoms with van der Waals surface area (Å²) in [5.74, 6) is -2.07. The van der Waals surface area contributed by atoms with Gasteiger partial charge in [0.1, 0.15) is 11.2 Å². The molecule has 4 aliphatic carbocycles. The van der Waals surface area contributed by atoms with Gasteiger partial charge in [-0.3, -0.25) is 4.79 Å². The van der Waals surface area contributed by atoms with E-state index in [1.807, 2.05) is 27.7 Å². The molecular weight excluding hydrogens is 436 g/mol. The Labute approximate surface area is 204 Å². The Hall–Kier alpha value is -0.570. The van der Waals surface area contributed by atoms with E-state index < -0.39 is 59.2 Å². The molecule has 0 radical (unpaired) electrons. The lowest BCUT2D eigenvalue weighted by Crippen LogP contribution is -2.64. The molecule has 196 valence electrons. The predicted octanol–water partition coefficient (Wildman–Crippen LogP) is 2.18. The van der Waals surface area contributed by atoms with Crippen LogP contribution in [0.3, 0.4) is 0 Å². The smallest absolute Gasteiger partial charge is 0.196 e. The van der Waals surface area contributed by atoms with E-state index in [0.717, 1.165) is 6.42 Å². The molecule has 0 bridgehead atoms. The molecule has 0 aromatic heterocycles. The van der Waals surface area contributed by atoms with Crippen molar-refractivity contribution >= 4 is 5.78 Å². The highest BCUT2D eigenvalue weighted by atomic mass is 16.5. The van der Waals surface area contributed by atoms with Crippen LogP contribution < -0.4 is 0 Å². The van der Waals surface area contributed by atoms with Crippen LogP contribution in [-0.4, -0.2) is 75.5 Å². The summed E-state index contributed by atoms with van der Waals surface area (Å²) >= 11 is 0. The maximum Gasteiger partial charge on any atom is 0.196 e. The lowest BCUT2D eigenvalue weighted by atomic mass is 9.55. The van der Waals surface area contributed by atoms with Crippen molar-refractivity contribution in [1.82, 2.24) is 0 Å². The Kier molecular flexibility index (Phi) is 6.61. The second kappa shape index (κ2) is 8.49. The first-order chi connectivity index (χ1) is 15.7. The number of fused-ring (bicyclic) bond motifs is 4. The van der Waals surface area contributed by atoms with E-state index in [9.17, 15) is 25.2 Å². The van der Waals surface area contributed by atoms with E-state index in [2.05, 4.69) is 13.8 Å². The molecule has 4 N–H and O–H groups in total. The van der Waals surface area contributed by atoms with Gasteiger partial charge in [-0.15, -0.1) is 0 Å². The van der Waals surface area contributed by atoms with Crippen molar-refractivity contribution in [2.45, 2.75) is 97.2 Å². The van der Waals surface area contributed by atoms with Gasteiger partial charge < -0.3 is 29.9 Å². The normalized spacial score (nSPS) is 51.6. The van der Waals surface area contributed by atoms with E-state index in [1.165, 1.54) is 6.92 Å². The van der Waals surface area contributed by atoms with Gasteiger partial charge in [-0.05, 0) is 55.3 Å². The molecule has 4 aliphatic rings. The molecule has 34 heavy (non-hydrogen) atoms. The van der Waals surface area contributed by atoms with Gasteiger partial charge in [0, 0.05) is 25.0 Å². The summed E-state index contributed by atoms with van der Waals surface area (Å²) in [6, 6.07) is 0. The fourth-order valence-electron chi connectivity index (χ4n) is 8.46. The van der Waals surface area contributed by atoms with Crippen molar-refractivity contribution in [3.05, 3.63) is 0 Å². The third-order valence-electron chi connectivity index (χ3n) is 9.99. The minimum atomic E-state index is -1.93. The summed E-state index contributed by atoms with van der Waals surface area (Å²) in [6.07, 6.45) is -0.891. The number of hydrogen-bond donors (Lipinski definition) is 4. The van der Waals surface area contributed by atoms with Gasteiger partial charge in [0.2, 0.25) is 0 Å². The molecule has 0 spiro atoms. The van der Waals surface area contributed by atoms with Crippen LogP contribution in [-0.2, 0) is 14.3 Å². The van der Waals surface area contributed by atoms with Crippen LogP contribution in [0.25, 0.3) is 0 Å². The molecule has 0 amide bonds. The quantitative estimate of drug-likeness (QED) is 0.439. The summed E-state index contributed by atoms with van der Waals surface area (Å²) < 4.78 is 12.8. The molecule has 0 aliphatic heterocycles. The van der Waals surface area contributed by atoms with Crippen molar-refractivity contribution in [3.8, 4) is 0 Å². The largest absolute Gasteiger partial charge is 0.396 e. The predicted molar refractivity (Wildman–Crippen MR) is 127 cm³/mol. The zero-order valence-corrected chi connectivity index (χ0v) is 22.0. The van der Waals surface area contributed by atoms with E-state index in [4.69, 9.17) is 9.47 Å².